The van der Waals surface area contributed by atoms with Crippen molar-refractivity contribution in [1.82, 2.24) is 0 Å². The smallest absolute Gasteiger partial charge is 0.00882 e. The largest absolute Gasteiger partial charge is 0.0795 e. The van der Waals surface area contributed by atoms with Crippen molar-refractivity contribution < 1.29 is 0 Å². The van der Waals surface area contributed by atoms with Crippen LogP contribution in [-0.2, 0) is 12.8 Å². The van der Waals surface area contributed by atoms with E-state index in [1.54, 1.807) is 11.1 Å². The third-order valence-corrected chi connectivity index (χ3v) is 6.51. The van der Waals surface area contributed by atoms with E-state index >= 15 is 0 Å². The van der Waals surface area contributed by atoms with Gasteiger partial charge < -0.3 is 0 Å². The van der Waals surface area contributed by atoms with Gasteiger partial charge in [0, 0.05) is 0 Å². The van der Waals surface area contributed by atoms with E-state index in [0.29, 0.717) is 0 Å². The van der Waals surface area contributed by atoms with Crippen LogP contribution in [0.3, 0.4) is 0 Å². The summed E-state index contributed by atoms with van der Waals surface area (Å²) in [4.78, 5) is 0. The molecule has 0 atom stereocenters. The molecule has 0 heterocycles. The maximum absolute atomic E-state index is 2.35. The van der Waals surface area contributed by atoms with Gasteiger partial charge in [-0.15, -0.1) is 0 Å². The molecule has 30 heavy (non-hydrogen) atoms. The molecule has 0 saturated carbocycles. The minimum atomic E-state index is 1.12. The first-order chi connectivity index (χ1) is 14.7. The number of hydrogen-bond acceptors (Lipinski definition) is 0. The molecule has 0 saturated heterocycles. The summed E-state index contributed by atoms with van der Waals surface area (Å²) >= 11 is 0. The first-order valence-electron chi connectivity index (χ1n) is 11.1. The molecule has 0 amide bonds. The van der Waals surface area contributed by atoms with Gasteiger partial charge in [0.15, 0.2) is 0 Å². The normalized spacial score (nSPS) is 14.3. The molecule has 4 aromatic carbocycles. The third-order valence-electron chi connectivity index (χ3n) is 6.51. The fraction of sp³-hybridized carbons (Fsp3) is 0.200. The Kier molecular flexibility index (Phi) is 5.01. The van der Waals surface area contributed by atoms with E-state index < -0.39 is 0 Å². The number of benzene rings is 4. The first kappa shape index (κ1) is 18.9. The number of allylic oxidation sites excluding steroid dienone is 3. The minimum absolute atomic E-state index is 1.12. The van der Waals surface area contributed by atoms with E-state index in [1.807, 2.05) is 0 Å². The molecule has 0 fully saturated rings. The average Bonchev–Trinajstić information content (AvgIpc) is 3.27. The van der Waals surface area contributed by atoms with Gasteiger partial charge in [-0.25, -0.2) is 0 Å². The monoisotopic (exact) mass is 388 g/mol. The summed E-state index contributed by atoms with van der Waals surface area (Å²) < 4.78 is 0. The SMILES string of the molecule is C1=Cc2ccccc2C1.CC(C)=C1CCCc2c1ccc1c2ccc2ccccc21. The Hall–Kier alpha value is -3.12. The van der Waals surface area contributed by atoms with Crippen LogP contribution in [0.25, 0.3) is 33.2 Å². The minimum Gasteiger partial charge on any atom is -0.0795 e. The average molecular weight is 389 g/mol. The van der Waals surface area contributed by atoms with Crippen molar-refractivity contribution in [2.45, 2.75) is 39.5 Å². The second-order valence-corrected chi connectivity index (χ2v) is 8.61. The Morgan fingerprint density at radius 2 is 1.50 bits per heavy atom. The Balaban J connectivity index is 0.000000178. The van der Waals surface area contributed by atoms with E-state index in [2.05, 4.69) is 98.8 Å². The summed E-state index contributed by atoms with van der Waals surface area (Å²) in [7, 11) is 0. The van der Waals surface area contributed by atoms with E-state index in [4.69, 9.17) is 0 Å². The van der Waals surface area contributed by atoms with Gasteiger partial charge in [-0.05, 0) is 88.9 Å². The second-order valence-electron chi connectivity index (χ2n) is 8.61. The highest BCUT2D eigenvalue weighted by molar-refractivity contribution is 6.09. The maximum Gasteiger partial charge on any atom is -0.00882 e. The van der Waals surface area contributed by atoms with Crippen molar-refractivity contribution in [3.63, 3.8) is 0 Å². The molecule has 2 aliphatic rings. The standard InChI is InChI=1S/C21H20.C9H8/c1-14(2)16-8-5-9-18-19(16)12-13-20-17-7-4-3-6-15(17)10-11-21(18)20;1-2-5-9-7-3-6-8(9)4-1/h3-4,6-7,10-13H,5,8-9H2,1-2H3;1-6H,7H2. The Morgan fingerprint density at radius 3 is 2.37 bits per heavy atom. The molecule has 148 valence electrons. The molecular weight excluding hydrogens is 360 g/mol. The molecule has 0 radical (unpaired) electrons. The number of aryl methyl sites for hydroxylation is 1. The highest BCUT2D eigenvalue weighted by atomic mass is 14.2. The molecule has 2 aliphatic carbocycles. The molecule has 0 aliphatic heterocycles. The lowest BCUT2D eigenvalue weighted by Crippen LogP contribution is -2.04. The highest BCUT2D eigenvalue weighted by Gasteiger charge is 2.17. The van der Waals surface area contributed by atoms with Crippen LogP contribution in [0.1, 0.15) is 48.9 Å². The van der Waals surface area contributed by atoms with Gasteiger partial charge in [0.05, 0.1) is 0 Å². The van der Waals surface area contributed by atoms with Gasteiger partial charge in [-0.2, -0.15) is 0 Å². The molecule has 0 bridgehead atoms. The van der Waals surface area contributed by atoms with Crippen LogP contribution in [0.5, 0.6) is 0 Å². The zero-order valence-corrected chi connectivity index (χ0v) is 17.9. The molecule has 0 heteroatoms. The van der Waals surface area contributed by atoms with Gasteiger partial charge in [0.2, 0.25) is 0 Å². The molecule has 0 spiro atoms. The van der Waals surface area contributed by atoms with Gasteiger partial charge in [-0.1, -0.05) is 90.5 Å². The lowest BCUT2D eigenvalue weighted by atomic mass is 9.82. The fourth-order valence-electron chi connectivity index (χ4n) is 4.99. The quantitative estimate of drug-likeness (QED) is 0.265. The lowest BCUT2D eigenvalue weighted by molar-refractivity contribution is 0.824. The highest BCUT2D eigenvalue weighted by Crippen LogP contribution is 2.38. The van der Waals surface area contributed by atoms with Crippen molar-refractivity contribution in [1.29, 1.82) is 0 Å². The molecule has 0 aromatic heterocycles. The van der Waals surface area contributed by atoms with Crippen molar-refractivity contribution in [2.75, 3.05) is 0 Å². The van der Waals surface area contributed by atoms with Crippen LogP contribution in [0.2, 0.25) is 0 Å². The van der Waals surface area contributed by atoms with E-state index in [-0.39, 0.29) is 0 Å². The summed E-state index contributed by atoms with van der Waals surface area (Å²) in [6, 6.07) is 26.5. The second kappa shape index (κ2) is 7.95. The van der Waals surface area contributed by atoms with Crippen molar-refractivity contribution in [3.8, 4) is 0 Å². The molecule has 0 unspecified atom stereocenters. The van der Waals surface area contributed by atoms with Crippen molar-refractivity contribution >= 4 is 33.2 Å². The van der Waals surface area contributed by atoms with Crippen LogP contribution in [0, 0.1) is 0 Å². The Labute approximate surface area is 179 Å². The first-order valence-corrected chi connectivity index (χ1v) is 11.1. The number of hydrogen-bond donors (Lipinski definition) is 0. The van der Waals surface area contributed by atoms with E-state index in [9.17, 15) is 0 Å². The fourth-order valence-corrected chi connectivity index (χ4v) is 4.99. The molecule has 0 N–H and O–H groups in total. The van der Waals surface area contributed by atoms with Crippen molar-refractivity contribution in [3.05, 3.63) is 107 Å². The van der Waals surface area contributed by atoms with Gasteiger partial charge >= 0.3 is 0 Å². The summed E-state index contributed by atoms with van der Waals surface area (Å²) in [5.74, 6) is 0. The zero-order chi connectivity index (χ0) is 20.5. The molecule has 0 nitrogen and oxygen atoms in total. The Bertz CT molecular complexity index is 1300. The van der Waals surface area contributed by atoms with Crippen LogP contribution in [0.15, 0.2) is 84.4 Å². The lowest BCUT2D eigenvalue weighted by Gasteiger charge is -2.23. The number of rotatable bonds is 0. The zero-order valence-electron chi connectivity index (χ0n) is 17.9. The van der Waals surface area contributed by atoms with Crippen LogP contribution < -0.4 is 0 Å². The van der Waals surface area contributed by atoms with Crippen LogP contribution in [0.4, 0.5) is 0 Å². The predicted octanol–water partition coefficient (Wildman–Crippen LogP) is 8.38. The predicted molar refractivity (Wildman–Crippen MR) is 132 cm³/mol. The van der Waals surface area contributed by atoms with E-state index in [1.165, 1.54) is 63.1 Å². The number of fused-ring (bicyclic) bond motifs is 6. The van der Waals surface area contributed by atoms with Crippen molar-refractivity contribution in [2.24, 2.45) is 0 Å². The maximum atomic E-state index is 2.35. The summed E-state index contributed by atoms with van der Waals surface area (Å²) in [6.45, 7) is 4.49. The molecule has 6 rings (SSSR count). The van der Waals surface area contributed by atoms with Crippen LogP contribution >= 0.6 is 0 Å². The Morgan fingerprint density at radius 1 is 0.700 bits per heavy atom. The summed E-state index contributed by atoms with van der Waals surface area (Å²) in [5.41, 5.74) is 8.92. The summed E-state index contributed by atoms with van der Waals surface area (Å²) in [5, 5.41) is 5.57. The van der Waals surface area contributed by atoms with Crippen LogP contribution in [-0.4, -0.2) is 0 Å². The third kappa shape index (κ3) is 3.37. The van der Waals surface area contributed by atoms with Gasteiger partial charge in [0.1, 0.15) is 0 Å². The van der Waals surface area contributed by atoms with Gasteiger partial charge in [0.25, 0.3) is 0 Å². The molecule has 4 aromatic rings. The molecular formula is C30H28. The topological polar surface area (TPSA) is 0 Å². The van der Waals surface area contributed by atoms with E-state index in [0.717, 1.165) is 6.42 Å². The summed E-state index contributed by atoms with van der Waals surface area (Å²) in [6.07, 6.45) is 9.21. The van der Waals surface area contributed by atoms with Gasteiger partial charge in [-0.3, -0.25) is 0 Å².